The molecule has 19 heavy (non-hydrogen) atoms. The Morgan fingerprint density at radius 1 is 0.947 bits per heavy atom. The van der Waals surface area contributed by atoms with Crippen molar-refractivity contribution in [1.29, 1.82) is 0 Å². The van der Waals surface area contributed by atoms with Gasteiger partial charge in [-0.2, -0.15) is 0 Å². The van der Waals surface area contributed by atoms with E-state index < -0.39 is 5.97 Å². The molecule has 1 amide bonds. The van der Waals surface area contributed by atoms with E-state index in [4.69, 9.17) is 5.11 Å². The molecule has 2 saturated carbocycles. The molecule has 0 saturated heterocycles. The lowest BCUT2D eigenvalue weighted by atomic mass is 9.80. The summed E-state index contributed by atoms with van der Waals surface area (Å²) in [5.74, 6) is -0.945. The van der Waals surface area contributed by atoms with E-state index in [1.54, 1.807) is 0 Å². The van der Waals surface area contributed by atoms with Crippen LogP contribution in [0.2, 0.25) is 0 Å². The fourth-order valence-electron chi connectivity index (χ4n) is 3.57. The average molecular weight is 267 g/mol. The van der Waals surface area contributed by atoms with Crippen molar-refractivity contribution in [3.8, 4) is 0 Å². The fourth-order valence-corrected chi connectivity index (χ4v) is 3.57. The third kappa shape index (κ3) is 3.48. The fraction of sp³-hybridized carbons (Fsp3) is 0.867. The summed E-state index contributed by atoms with van der Waals surface area (Å²) in [7, 11) is 1.91. The van der Waals surface area contributed by atoms with Crippen molar-refractivity contribution >= 4 is 11.9 Å². The molecule has 4 nitrogen and oxygen atoms in total. The maximum absolute atomic E-state index is 12.5. The lowest BCUT2D eigenvalue weighted by molar-refractivity contribution is -0.145. The van der Waals surface area contributed by atoms with Crippen LogP contribution in [-0.4, -0.2) is 35.0 Å². The maximum atomic E-state index is 12.5. The first-order chi connectivity index (χ1) is 9.09. The second-order valence-corrected chi connectivity index (χ2v) is 6.14. The highest BCUT2D eigenvalue weighted by atomic mass is 16.4. The van der Waals surface area contributed by atoms with E-state index in [1.807, 2.05) is 11.9 Å². The van der Waals surface area contributed by atoms with Gasteiger partial charge >= 0.3 is 5.97 Å². The summed E-state index contributed by atoms with van der Waals surface area (Å²) in [5.41, 5.74) is 0. The molecule has 1 N–H and O–H groups in total. The number of rotatable bonds is 3. The Bertz CT molecular complexity index is 336. The Kier molecular flexibility index (Phi) is 4.83. The predicted octanol–water partition coefficient (Wildman–Crippen LogP) is 2.67. The van der Waals surface area contributed by atoms with Crippen molar-refractivity contribution < 1.29 is 14.7 Å². The molecule has 2 fully saturated rings. The summed E-state index contributed by atoms with van der Waals surface area (Å²) in [6.07, 6.45) is 8.91. The molecule has 0 radical (unpaired) electrons. The smallest absolute Gasteiger partial charge is 0.306 e. The molecule has 2 aliphatic rings. The molecular weight excluding hydrogens is 242 g/mol. The van der Waals surface area contributed by atoms with E-state index >= 15 is 0 Å². The van der Waals surface area contributed by atoms with Crippen LogP contribution in [0.15, 0.2) is 0 Å². The third-order valence-corrected chi connectivity index (χ3v) is 4.84. The van der Waals surface area contributed by atoms with Crippen LogP contribution in [0.4, 0.5) is 0 Å². The van der Waals surface area contributed by atoms with E-state index in [0.29, 0.717) is 12.5 Å². The van der Waals surface area contributed by atoms with Gasteiger partial charge in [-0.3, -0.25) is 9.59 Å². The van der Waals surface area contributed by atoms with E-state index in [1.165, 1.54) is 19.3 Å². The molecule has 2 aliphatic carbocycles. The first-order valence-electron chi connectivity index (χ1n) is 7.59. The number of nitrogens with zero attached hydrogens (tertiary/aromatic N) is 1. The molecule has 0 bridgehead atoms. The van der Waals surface area contributed by atoms with Crippen LogP contribution in [-0.2, 0) is 9.59 Å². The van der Waals surface area contributed by atoms with E-state index in [0.717, 1.165) is 32.1 Å². The number of carboxylic acid groups (broad SMARTS) is 1. The second kappa shape index (κ2) is 6.40. The number of aliphatic carboxylic acids is 1. The van der Waals surface area contributed by atoms with Crippen LogP contribution in [0.25, 0.3) is 0 Å². The molecule has 2 unspecified atom stereocenters. The van der Waals surface area contributed by atoms with Gasteiger partial charge in [-0.25, -0.2) is 0 Å². The van der Waals surface area contributed by atoms with Crippen LogP contribution in [0, 0.1) is 11.8 Å². The first kappa shape index (κ1) is 14.4. The highest BCUT2D eigenvalue weighted by Gasteiger charge is 2.34. The van der Waals surface area contributed by atoms with E-state index in [-0.39, 0.29) is 17.7 Å². The van der Waals surface area contributed by atoms with Crippen LogP contribution in [0.1, 0.15) is 57.8 Å². The Morgan fingerprint density at radius 3 is 2.21 bits per heavy atom. The Labute approximate surface area is 115 Å². The van der Waals surface area contributed by atoms with Crippen molar-refractivity contribution in [1.82, 2.24) is 4.90 Å². The Morgan fingerprint density at radius 2 is 1.58 bits per heavy atom. The minimum atomic E-state index is -0.738. The number of carbonyl (C=O) groups is 2. The molecule has 0 aromatic carbocycles. The zero-order chi connectivity index (χ0) is 13.8. The molecule has 0 aromatic heterocycles. The standard InChI is InChI=1S/C15H25NO3/c1-16(13-8-3-2-4-9-13)14(17)11-6-5-7-12(10-11)15(18)19/h11-13H,2-10H2,1H3,(H,18,19). The highest BCUT2D eigenvalue weighted by Crippen LogP contribution is 2.32. The van der Waals surface area contributed by atoms with Gasteiger partial charge < -0.3 is 10.0 Å². The van der Waals surface area contributed by atoms with Crippen molar-refractivity contribution in [2.45, 2.75) is 63.8 Å². The lowest BCUT2D eigenvalue weighted by Gasteiger charge is -2.35. The summed E-state index contributed by atoms with van der Waals surface area (Å²) in [6.45, 7) is 0. The number of hydrogen-bond acceptors (Lipinski definition) is 2. The topological polar surface area (TPSA) is 57.6 Å². The molecule has 4 heteroatoms. The minimum absolute atomic E-state index is 0.0678. The monoisotopic (exact) mass is 267 g/mol. The van der Waals surface area contributed by atoms with Gasteiger partial charge in [-0.15, -0.1) is 0 Å². The number of amides is 1. The van der Waals surface area contributed by atoms with Crippen LogP contribution >= 0.6 is 0 Å². The normalized spacial score (nSPS) is 28.9. The quantitative estimate of drug-likeness (QED) is 0.855. The number of hydrogen-bond donors (Lipinski definition) is 1. The summed E-state index contributed by atoms with van der Waals surface area (Å²) >= 11 is 0. The predicted molar refractivity (Wildman–Crippen MR) is 72.7 cm³/mol. The van der Waals surface area contributed by atoms with Crippen LogP contribution in [0.5, 0.6) is 0 Å². The van der Waals surface area contributed by atoms with Gasteiger partial charge in [0.2, 0.25) is 5.91 Å². The van der Waals surface area contributed by atoms with Gasteiger partial charge in [0.25, 0.3) is 0 Å². The molecule has 0 spiro atoms. The van der Waals surface area contributed by atoms with Gasteiger partial charge in [-0.1, -0.05) is 25.7 Å². The minimum Gasteiger partial charge on any atom is -0.481 e. The lowest BCUT2D eigenvalue weighted by Crippen LogP contribution is -2.43. The molecule has 0 heterocycles. The largest absolute Gasteiger partial charge is 0.481 e. The van der Waals surface area contributed by atoms with Crippen LogP contribution in [0.3, 0.4) is 0 Å². The van der Waals surface area contributed by atoms with Gasteiger partial charge in [0.05, 0.1) is 5.92 Å². The first-order valence-corrected chi connectivity index (χ1v) is 7.59. The molecule has 2 atom stereocenters. The molecule has 108 valence electrons. The average Bonchev–Trinajstić information content (AvgIpc) is 2.46. The van der Waals surface area contributed by atoms with Gasteiger partial charge in [0, 0.05) is 19.0 Å². The summed E-state index contributed by atoms with van der Waals surface area (Å²) in [5, 5.41) is 9.10. The third-order valence-electron chi connectivity index (χ3n) is 4.84. The molecular formula is C15H25NO3. The van der Waals surface area contributed by atoms with Crippen molar-refractivity contribution in [2.24, 2.45) is 11.8 Å². The molecule has 0 aliphatic heterocycles. The molecule has 0 aromatic rings. The SMILES string of the molecule is CN(C(=O)C1CCCC(C(=O)O)C1)C1CCCCC1. The summed E-state index contributed by atoms with van der Waals surface area (Å²) < 4.78 is 0. The zero-order valence-electron chi connectivity index (χ0n) is 11.8. The van der Waals surface area contributed by atoms with Gasteiger partial charge in [0.15, 0.2) is 0 Å². The Hall–Kier alpha value is -1.06. The van der Waals surface area contributed by atoms with Crippen LogP contribution < -0.4 is 0 Å². The Balaban J connectivity index is 1.92. The van der Waals surface area contributed by atoms with Crippen molar-refractivity contribution in [2.75, 3.05) is 7.05 Å². The second-order valence-electron chi connectivity index (χ2n) is 6.14. The van der Waals surface area contributed by atoms with Crippen molar-refractivity contribution in [3.05, 3.63) is 0 Å². The highest BCUT2D eigenvalue weighted by molar-refractivity contribution is 5.80. The van der Waals surface area contributed by atoms with E-state index in [2.05, 4.69) is 0 Å². The maximum Gasteiger partial charge on any atom is 0.306 e. The zero-order valence-corrected chi connectivity index (χ0v) is 11.8. The molecule has 2 rings (SSSR count). The van der Waals surface area contributed by atoms with E-state index in [9.17, 15) is 9.59 Å². The number of carboxylic acids is 1. The van der Waals surface area contributed by atoms with Gasteiger partial charge in [-0.05, 0) is 32.1 Å². The summed E-state index contributed by atoms with van der Waals surface area (Å²) in [6, 6.07) is 0.381. The summed E-state index contributed by atoms with van der Waals surface area (Å²) in [4.78, 5) is 25.5. The number of carbonyl (C=O) groups excluding carboxylic acids is 1. The van der Waals surface area contributed by atoms with Crippen molar-refractivity contribution in [3.63, 3.8) is 0 Å². The van der Waals surface area contributed by atoms with Gasteiger partial charge in [0.1, 0.15) is 0 Å².